The number of benzene rings is 2. The van der Waals surface area contributed by atoms with Gasteiger partial charge in [0.15, 0.2) is 4.34 Å². The van der Waals surface area contributed by atoms with Gasteiger partial charge >= 0.3 is 6.03 Å². The number of carbonyl (C=O) groups is 1. The summed E-state index contributed by atoms with van der Waals surface area (Å²) >= 11 is 20.7. The summed E-state index contributed by atoms with van der Waals surface area (Å²) in [6.07, 6.45) is 0. The molecule has 1 aromatic heterocycles. The predicted molar refractivity (Wildman–Crippen MR) is 110 cm³/mol. The van der Waals surface area contributed by atoms with E-state index in [0.29, 0.717) is 36.0 Å². The molecule has 0 bridgehead atoms. The SMILES string of the molecule is O=C(Nc1cccc(Cl)c1)Nc1nnc(SCc2ccc(Cl)cc2Cl)s1. The van der Waals surface area contributed by atoms with Crippen molar-refractivity contribution in [2.45, 2.75) is 10.1 Å². The van der Waals surface area contributed by atoms with Crippen LogP contribution in [0.2, 0.25) is 15.1 Å². The summed E-state index contributed by atoms with van der Waals surface area (Å²) in [7, 11) is 0. The van der Waals surface area contributed by atoms with Crippen LogP contribution in [0.3, 0.4) is 0 Å². The summed E-state index contributed by atoms with van der Waals surface area (Å²) in [5, 5.41) is 15.5. The van der Waals surface area contributed by atoms with Crippen LogP contribution in [0.4, 0.5) is 15.6 Å². The molecule has 0 saturated carbocycles. The van der Waals surface area contributed by atoms with Gasteiger partial charge in [-0.1, -0.05) is 70.0 Å². The summed E-state index contributed by atoms with van der Waals surface area (Å²) in [4.78, 5) is 12.0. The van der Waals surface area contributed by atoms with Crippen molar-refractivity contribution in [3.05, 3.63) is 63.1 Å². The van der Waals surface area contributed by atoms with E-state index in [9.17, 15) is 4.79 Å². The summed E-state index contributed by atoms with van der Waals surface area (Å²) < 4.78 is 0.717. The van der Waals surface area contributed by atoms with Crippen LogP contribution in [0.25, 0.3) is 0 Å². The molecular weight excluding hydrogens is 435 g/mol. The van der Waals surface area contributed by atoms with Crippen molar-refractivity contribution in [3.63, 3.8) is 0 Å². The van der Waals surface area contributed by atoms with Crippen LogP contribution in [0.5, 0.6) is 0 Å². The molecule has 0 atom stereocenters. The minimum absolute atomic E-state index is 0.397. The zero-order chi connectivity index (χ0) is 18.5. The first-order valence-electron chi connectivity index (χ1n) is 7.23. The van der Waals surface area contributed by atoms with Crippen LogP contribution in [0, 0.1) is 0 Å². The van der Waals surface area contributed by atoms with Crippen molar-refractivity contribution in [3.8, 4) is 0 Å². The van der Waals surface area contributed by atoms with Crippen LogP contribution in [0.15, 0.2) is 46.8 Å². The van der Waals surface area contributed by atoms with Crippen LogP contribution >= 0.6 is 57.9 Å². The maximum absolute atomic E-state index is 12.0. The van der Waals surface area contributed by atoms with Crippen molar-refractivity contribution in [1.82, 2.24) is 10.2 Å². The predicted octanol–water partition coefficient (Wildman–Crippen LogP) is 6.43. The highest BCUT2D eigenvalue weighted by molar-refractivity contribution is 8.00. The Bertz CT molecular complexity index is 935. The molecule has 1 heterocycles. The van der Waals surface area contributed by atoms with Gasteiger partial charge in [0.25, 0.3) is 0 Å². The number of hydrogen-bond acceptors (Lipinski definition) is 5. The molecule has 0 fully saturated rings. The molecule has 2 aromatic carbocycles. The van der Waals surface area contributed by atoms with E-state index in [1.165, 1.54) is 23.1 Å². The van der Waals surface area contributed by atoms with Crippen LogP contribution in [0.1, 0.15) is 5.56 Å². The van der Waals surface area contributed by atoms with Crippen molar-refractivity contribution in [2.75, 3.05) is 10.6 Å². The molecule has 5 nitrogen and oxygen atoms in total. The van der Waals surface area contributed by atoms with E-state index in [1.54, 1.807) is 36.4 Å². The lowest BCUT2D eigenvalue weighted by Gasteiger charge is -2.05. The molecule has 10 heteroatoms. The average Bonchev–Trinajstić information content (AvgIpc) is 3.01. The number of thioether (sulfide) groups is 1. The van der Waals surface area contributed by atoms with Crippen LogP contribution in [-0.4, -0.2) is 16.2 Å². The van der Waals surface area contributed by atoms with E-state index in [0.717, 1.165) is 5.56 Å². The van der Waals surface area contributed by atoms with E-state index in [4.69, 9.17) is 34.8 Å². The van der Waals surface area contributed by atoms with Gasteiger partial charge in [0.05, 0.1) is 0 Å². The van der Waals surface area contributed by atoms with Crippen LogP contribution < -0.4 is 10.6 Å². The highest BCUT2D eigenvalue weighted by Crippen LogP contribution is 2.31. The van der Waals surface area contributed by atoms with Crippen molar-refractivity contribution in [2.24, 2.45) is 0 Å². The van der Waals surface area contributed by atoms with Gasteiger partial charge in [0.1, 0.15) is 0 Å². The maximum Gasteiger partial charge on any atom is 0.325 e. The second kappa shape index (κ2) is 8.92. The normalized spacial score (nSPS) is 10.6. The van der Waals surface area contributed by atoms with Gasteiger partial charge in [-0.05, 0) is 35.9 Å². The number of nitrogens with zero attached hydrogens (tertiary/aromatic N) is 2. The summed E-state index contributed by atoms with van der Waals surface area (Å²) in [5.74, 6) is 0.624. The van der Waals surface area contributed by atoms with Crippen molar-refractivity contribution < 1.29 is 4.79 Å². The van der Waals surface area contributed by atoms with Crippen molar-refractivity contribution in [1.29, 1.82) is 0 Å². The van der Waals surface area contributed by atoms with Gasteiger partial charge in [-0.25, -0.2) is 4.79 Å². The van der Waals surface area contributed by atoms with Crippen molar-refractivity contribution >= 4 is 74.8 Å². The Hall–Kier alpha value is -1.51. The number of rotatable bonds is 5. The minimum Gasteiger partial charge on any atom is -0.308 e. The standard InChI is InChI=1S/C16H11Cl3N4OS2/c17-10-2-1-3-12(6-10)20-14(24)21-15-22-23-16(26-15)25-8-9-4-5-11(18)7-13(9)19/h1-7H,8H2,(H2,20,21,22,24). The third kappa shape index (κ3) is 5.49. The number of carbonyl (C=O) groups excluding carboxylic acids is 1. The van der Waals surface area contributed by atoms with E-state index >= 15 is 0 Å². The molecule has 3 aromatic rings. The lowest BCUT2D eigenvalue weighted by molar-refractivity contribution is 0.262. The molecule has 26 heavy (non-hydrogen) atoms. The molecule has 0 radical (unpaired) electrons. The zero-order valence-electron chi connectivity index (χ0n) is 13.0. The first kappa shape index (κ1) is 19.3. The van der Waals surface area contributed by atoms with E-state index in [1.807, 2.05) is 6.07 Å². The number of hydrogen-bond donors (Lipinski definition) is 2. The Morgan fingerprint density at radius 2 is 1.85 bits per heavy atom. The molecule has 0 aliphatic rings. The van der Waals surface area contributed by atoms with Crippen LogP contribution in [-0.2, 0) is 5.75 Å². The average molecular weight is 446 g/mol. The maximum atomic E-state index is 12.0. The molecule has 0 aliphatic carbocycles. The Balaban J connectivity index is 1.55. The fraction of sp³-hybridized carbons (Fsp3) is 0.0625. The zero-order valence-corrected chi connectivity index (χ0v) is 16.9. The molecule has 2 N–H and O–H groups in total. The Morgan fingerprint density at radius 1 is 1.04 bits per heavy atom. The first-order chi connectivity index (χ1) is 12.5. The van der Waals surface area contributed by atoms with Gasteiger partial charge in [0.2, 0.25) is 5.13 Å². The fourth-order valence-corrected chi connectivity index (χ4v) is 4.42. The topological polar surface area (TPSA) is 66.9 Å². The van der Waals surface area contributed by atoms with Gasteiger partial charge in [-0.15, -0.1) is 10.2 Å². The number of urea groups is 1. The molecule has 134 valence electrons. The van der Waals surface area contributed by atoms with E-state index in [2.05, 4.69) is 20.8 Å². The third-order valence-corrected chi connectivity index (χ3v) is 5.92. The Kier molecular flexibility index (Phi) is 6.61. The summed E-state index contributed by atoms with van der Waals surface area (Å²) in [5.41, 5.74) is 1.54. The summed E-state index contributed by atoms with van der Waals surface area (Å²) in [6, 6.07) is 11.8. The molecule has 0 unspecified atom stereocenters. The monoisotopic (exact) mass is 444 g/mol. The van der Waals surface area contributed by atoms with Gasteiger partial charge in [-0.2, -0.15) is 0 Å². The molecule has 0 saturated heterocycles. The number of aromatic nitrogens is 2. The molecule has 0 spiro atoms. The highest BCUT2D eigenvalue weighted by Gasteiger charge is 2.10. The first-order valence-corrected chi connectivity index (χ1v) is 10.2. The molecule has 3 rings (SSSR count). The number of amides is 2. The molecule has 2 amide bonds. The third-order valence-electron chi connectivity index (χ3n) is 3.08. The minimum atomic E-state index is -0.416. The van der Waals surface area contributed by atoms with E-state index in [-0.39, 0.29) is 0 Å². The van der Waals surface area contributed by atoms with Gasteiger partial charge in [-0.3, -0.25) is 5.32 Å². The molecule has 0 aliphatic heterocycles. The smallest absolute Gasteiger partial charge is 0.308 e. The fourth-order valence-electron chi connectivity index (χ4n) is 1.92. The second-order valence-electron chi connectivity index (χ2n) is 4.99. The second-order valence-corrected chi connectivity index (χ2v) is 8.47. The number of nitrogens with one attached hydrogen (secondary N) is 2. The Morgan fingerprint density at radius 3 is 2.62 bits per heavy atom. The number of halogens is 3. The molecular formula is C16H11Cl3N4OS2. The number of anilines is 2. The Labute approximate surface area is 173 Å². The highest BCUT2D eigenvalue weighted by atomic mass is 35.5. The largest absolute Gasteiger partial charge is 0.325 e. The summed E-state index contributed by atoms with van der Waals surface area (Å²) in [6.45, 7) is 0. The lowest BCUT2D eigenvalue weighted by Crippen LogP contribution is -2.19. The lowest BCUT2D eigenvalue weighted by atomic mass is 10.2. The van der Waals surface area contributed by atoms with Gasteiger partial charge < -0.3 is 5.32 Å². The van der Waals surface area contributed by atoms with E-state index < -0.39 is 6.03 Å². The quantitative estimate of drug-likeness (QED) is 0.350. The van der Waals surface area contributed by atoms with Gasteiger partial charge in [0, 0.05) is 26.5 Å².